The summed E-state index contributed by atoms with van der Waals surface area (Å²) in [5.41, 5.74) is 3.03. The predicted molar refractivity (Wildman–Crippen MR) is 85.7 cm³/mol. The van der Waals surface area contributed by atoms with Gasteiger partial charge in [0.1, 0.15) is 5.82 Å². The van der Waals surface area contributed by atoms with Crippen LogP contribution in [0.3, 0.4) is 0 Å². The van der Waals surface area contributed by atoms with Gasteiger partial charge in [-0.2, -0.15) is 0 Å². The molecule has 4 nitrogen and oxygen atoms in total. The summed E-state index contributed by atoms with van der Waals surface area (Å²) in [6.07, 6.45) is -0.0244. The molecule has 1 atom stereocenters. The Morgan fingerprint density at radius 1 is 1.24 bits per heavy atom. The number of rotatable bonds is 4. The second-order valence-electron chi connectivity index (χ2n) is 5.16. The van der Waals surface area contributed by atoms with E-state index < -0.39 is 6.10 Å². The first-order chi connectivity index (χ1) is 10.1. The predicted octanol–water partition coefficient (Wildman–Crippen LogP) is 3.41. The highest BCUT2D eigenvalue weighted by molar-refractivity contribution is 7.11. The van der Waals surface area contributed by atoms with Gasteiger partial charge in [-0.1, -0.05) is 12.1 Å². The number of imidazole rings is 1. The molecule has 110 valence electrons. The average molecular weight is 301 g/mol. The minimum absolute atomic E-state index is 0.519. The van der Waals surface area contributed by atoms with Crippen LogP contribution in [-0.2, 0) is 13.0 Å². The summed E-state index contributed by atoms with van der Waals surface area (Å²) >= 11 is 1.56. The summed E-state index contributed by atoms with van der Waals surface area (Å²) in [6.45, 7) is 6.87. The van der Waals surface area contributed by atoms with Crippen molar-refractivity contribution in [3.63, 3.8) is 0 Å². The average Bonchev–Trinajstić information content (AvgIpc) is 2.97. The molecule has 1 unspecified atom stereocenters. The highest BCUT2D eigenvalue weighted by atomic mass is 32.1. The van der Waals surface area contributed by atoms with Crippen LogP contribution in [0.2, 0.25) is 0 Å². The maximum Gasteiger partial charge on any atom is 0.112 e. The molecular formula is C16H19N3OS. The number of benzene rings is 1. The lowest BCUT2D eigenvalue weighted by molar-refractivity contribution is 0.177. The lowest BCUT2D eigenvalue weighted by Gasteiger charge is -2.11. The van der Waals surface area contributed by atoms with Crippen LogP contribution in [0.15, 0.2) is 24.3 Å². The zero-order valence-electron chi connectivity index (χ0n) is 12.5. The van der Waals surface area contributed by atoms with E-state index in [0.717, 1.165) is 39.0 Å². The van der Waals surface area contributed by atoms with Gasteiger partial charge >= 0.3 is 0 Å². The Hall–Kier alpha value is -1.72. The molecule has 2 heterocycles. The van der Waals surface area contributed by atoms with Gasteiger partial charge in [0.15, 0.2) is 0 Å². The SMILES string of the molecule is CCn1c(CC(O)c2sc(C)nc2C)nc2ccccc21. The third-order valence-electron chi connectivity index (χ3n) is 3.67. The first-order valence-electron chi connectivity index (χ1n) is 7.16. The molecule has 3 rings (SSSR count). The van der Waals surface area contributed by atoms with E-state index in [2.05, 4.69) is 27.5 Å². The molecule has 1 N–H and O–H groups in total. The number of aliphatic hydroxyl groups excluding tert-OH is 1. The van der Waals surface area contributed by atoms with E-state index in [9.17, 15) is 5.11 Å². The van der Waals surface area contributed by atoms with E-state index in [4.69, 9.17) is 0 Å². The molecule has 1 aromatic carbocycles. The molecule has 0 saturated heterocycles. The van der Waals surface area contributed by atoms with Crippen LogP contribution in [0, 0.1) is 13.8 Å². The Morgan fingerprint density at radius 2 is 2.00 bits per heavy atom. The van der Waals surface area contributed by atoms with Crippen molar-refractivity contribution in [1.29, 1.82) is 0 Å². The maximum atomic E-state index is 10.5. The number of aromatic nitrogens is 3. The fourth-order valence-corrected chi connectivity index (χ4v) is 3.67. The van der Waals surface area contributed by atoms with Crippen LogP contribution in [0.4, 0.5) is 0 Å². The largest absolute Gasteiger partial charge is 0.387 e. The van der Waals surface area contributed by atoms with Crippen molar-refractivity contribution in [2.45, 2.75) is 39.8 Å². The number of aliphatic hydroxyl groups is 1. The van der Waals surface area contributed by atoms with Gasteiger partial charge in [0.2, 0.25) is 0 Å². The summed E-state index contributed by atoms with van der Waals surface area (Å²) < 4.78 is 2.17. The number of thiazole rings is 1. The number of fused-ring (bicyclic) bond motifs is 1. The Kier molecular flexibility index (Phi) is 3.78. The smallest absolute Gasteiger partial charge is 0.112 e. The number of hydrogen-bond donors (Lipinski definition) is 1. The molecule has 0 bridgehead atoms. The van der Waals surface area contributed by atoms with Crippen LogP contribution >= 0.6 is 11.3 Å². The van der Waals surface area contributed by atoms with Crippen molar-refractivity contribution in [3.05, 3.63) is 45.7 Å². The van der Waals surface area contributed by atoms with E-state index >= 15 is 0 Å². The molecule has 0 amide bonds. The van der Waals surface area contributed by atoms with E-state index in [1.54, 1.807) is 11.3 Å². The number of para-hydroxylation sites is 2. The fraction of sp³-hybridized carbons (Fsp3) is 0.375. The molecule has 0 fully saturated rings. The zero-order valence-corrected chi connectivity index (χ0v) is 13.3. The van der Waals surface area contributed by atoms with Crippen molar-refractivity contribution >= 4 is 22.4 Å². The molecule has 0 saturated carbocycles. The zero-order chi connectivity index (χ0) is 15.0. The van der Waals surface area contributed by atoms with Gasteiger partial charge in [-0.25, -0.2) is 9.97 Å². The number of nitrogens with zero attached hydrogens (tertiary/aromatic N) is 3. The highest BCUT2D eigenvalue weighted by Crippen LogP contribution is 2.28. The fourth-order valence-electron chi connectivity index (χ4n) is 2.76. The van der Waals surface area contributed by atoms with Crippen molar-refractivity contribution in [2.24, 2.45) is 0 Å². The van der Waals surface area contributed by atoms with Gasteiger partial charge < -0.3 is 9.67 Å². The normalized spacial score (nSPS) is 13.0. The Balaban J connectivity index is 1.96. The molecule has 5 heteroatoms. The van der Waals surface area contributed by atoms with Crippen LogP contribution < -0.4 is 0 Å². The molecule has 0 aliphatic rings. The van der Waals surface area contributed by atoms with Crippen molar-refractivity contribution in [1.82, 2.24) is 14.5 Å². The lowest BCUT2D eigenvalue weighted by Crippen LogP contribution is -2.08. The van der Waals surface area contributed by atoms with Crippen LogP contribution in [0.5, 0.6) is 0 Å². The Labute approximate surface area is 128 Å². The summed E-state index contributed by atoms with van der Waals surface area (Å²) in [4.78, 5) is 10.0. The van der Waals surface area contributed by atoms with Gasteiger partial charge in [-0.15, -0.1) is 11.3 Å². The summed E-state index contributed by atoms with van der Waals surface area (Å²) in [7, 11) is 0. The Morgan fingerprint density at radius 3 is 2.67 bits per heavy atom. The number of hydrogen-bond acceptors (Lipinski definition) is 4. The summed E-state index contributed by atoms with van der Waals surface area (Å²) in [6, 6.07) is 8.10. The van der Waals surface area contributed by atoms with Gasteiger partial charge in [0.05, 0.1) is 32.7 Å². The molecule has 0 radical (unpaired) electrons. The number of aryl methyl sites for hydroxylation is 3. The molecule has 0 aliphatic carbocycles. The van der Waals surface area contributed by atoms with Crippen LogP contribution in [-0.4, -0.2) is 19.6 Å². The third-order valence-corrected chi connectivity index (χ3v) is 4.84. The van der Waals surface area contributed by atoms with Gasteiger partial charge in [0, 0.05) is 13.0 Å². The van der Waals surface area contributed by atoms with E-state index in [1.165, 1.54) is 0 Å². The van der Waals surface area contributed by atoms with Crippen molar-refractivity contribution in [3.8, 4) is 0 Å². The minimum atomic E-state index is -0.543. The minimum Gasteiger partial charge on any atom is -0.387 e. The lowest BCUT2D eigenvalue weighted by atomic mass is 10.2. The first-order valence-corrected chi connectivity index (χ1v) is 7.98. The van der Waals surface area contributed by atoms with E-state index in [0.29, 0.717) is 6.42 Å². The van der Waals surface area contributed by atoms with E-state index in [-0.39, 0.29) is 0 Å². The van der Waals surface area contributed by atoms with Crippen molar-refractivity contribution in [2.75, 3.05) is 0 Å². The maximum absolute atomic E-state index is 10.5. The standard InChI is InChI=1S/C16H19N3OS/c1-4-19-13-8-6-5-7-12(13)18-15(19)9-14(20)16-10(2)17-11(3)21-16/h5-8,14,20H,4,9H2,1-3H3. The van der Waals surface area contributed by atoms with Crippen LogP contribution in [0.25, 0.3) is 11.0 Å². The molecule has 0 spiro atoms. The molecule has 21 heavy (non-hydrogen) atoms. The third kappa shape index (κ3) is 2.59. The molecule has 2 aromatic heterocycles. The second-order valence-corrected chi connectivity index (χ2v) is 6.40. The molecular weight excluding hydrogens is 282 g/mol. The van der Waals surface area contributed by atoms with Crippen molar-refractivity contribution < 1.29 is 5.11 Å². The van der Waals surface area contributed by atoms with Crippen LogP contribution in [0.1, 0.15) is 34.4 Å². The second kappa shape index (κ2) is 5.58. The molecule has 3 aromatic rings. The van der Waals surface area contributed by atoms with E-state index in [1.807, 2.05) is 32.0 Å². The molecule has 0 aliphatic heterocycles. The topological polar surface area (TPSA) is 50.9 Å². The van der Waals surface area contributed by atoms with Gasteiger partial charge in [-0.3, -0.25) is 0 Å². The monoisotopic (exact) mass is 301 g/mol. The quantitative estimate of drug-likeness (QED) is 0.803. The van der Waals surface area contributed by atoms with Gasteiger partial charge in [0.25, 0.3) is 0 Å². The summed E-state index contributed by atoms with van der Waals surface area (Å²) in [5.74, 6) is 0.927. The first kappa shape index (κ1) is 14.2. The summed E-state index contributed by atoms with van der Waals surface area (Å²) in [5, 5.41) is 11.5. The Bertz CT molecular complexity index is 775. The highest BCUT2D eigenvalue weighted by Gasteiger charge is 2.19. The van der Waals surface area contributed by atoms with Gasteiger partial charge in [-0.05, 0) is 32.9 Å².